The van der Waals surface area contributed by atoms with Crippen molar-refractivity contribution in [3.05, 3.63) is 15.6 Å². The number of ether oxygens (including phenoxy) is 1. The second-order valence-corrected chi connectivity index (χ2v) is 7.49. The van der Waals surface area contributed by atoms with Crippen LogP contribution in [-0.2, 0) is 4.74 Å². The van der Waals surface area contributed by atoms with Crippen molar-refractivity contribution >= 4 is 23.3 Å². The van der Waals surface area contributed by atoms with E-state index in [0.29, 0.717) is 17.2 Å². The SMILES string of the molecule is CCOC(=O)c1sc(C(C)NC(=NC)NCCN2CCCCC2)nc1C. The number of thiazole rings is 1. The Hall–Kier alpha value is -1.67. The number of carbonyl (C=O) groups is 1. The topological polar surface area (TPSA) is 78.8 Å². The van der Waals surface area contributed by atoms with Crippen LogP contribution in [0.5, 0.6) is 0 Å². The summed E-state index contributed by atoms with van der Waals surface area (Å²) in [5, 5.41) is 7.56. The summed E-state index contributed by atoms with van der Waals surface area (Å²) in [5.74, 6) is 0.449. The first-order valence-corrected chi connectivity index (χ1v) is 10.2. The zero-order valence-electron chi connectivity index (χ0n) is 16.3. The fourth-order valence-corrected chi connectivity index (χ4v) is 3.93. The van der Waals surface area contributed by atoms with E-state index in [4.69, 9.17) is 4.74 Å². The lowest BCUT2D eigenvalue weighted by atomic mass is 10.1. The minimum absolute atomic E-state index is 0.0388. The number of piperidine rings is 1. The Bertz CT molecular complexity index is 611. The Labute approximate surface area is 160 Å². The van der Waals surface area contributed by atoms with Crippen LogP contribution in [0.1, 0.15) is 59.5 Å². The summed E-state index contributed by atoms with van der Waals surface area (Å²) in [7, 11) is 1.76. The molecule has 26 heavy (non-hydrogen) atoms. The highest BCUT2D eigenvalue weighted by atomic mass is 32.1. The largest absolute Gasteiger partial charge is 0.462 e. The molecule has 0 aromatic carbocycles. The molecule has 1 saturated heterocycles. The first-order chi connectivity index (χ1) is 12.5. The second kappa shape index (κ2) is 10.5. The van der Waals surface area contributed by atoms with E-state index in [1.165, 1.54) is 43.7 Å². The fourth-order valence-electron chi connectivity index (χ4n) is 2.97. The third-order valence-electron chi connectivity index (χ3n) is 4.39. The van der Waals surface area contributed by atoms with Crippen LogP contribution >= 0.6 is 11.3 Å². The molecule has 0 aliphatic carbocycles. The monoisotopic (exact) mass is 381 g/mol. The molecule has 1 aromatic rings. The molecule has 1 aromatic heterocycles. The summed E-state index contributed by atoms with van der Waals surface area (Å²) in [4.78, 5) is 23.8. The van der Waals surface area contributed by atoms with Gasteiger partial charge in [0.15, 0.2) is 5.96 Å². The Morgan fingerprint density at radius 1 is 1.38 bits per heavy atom. The number of aromatic nitrogens is 1. The van der Waals surface area contributed by atoms with Crippen molar-refractivity contribution < 1.29 is 9.53 Å². The molecule has 146 valence electrons. The zero-order valence-corrected chi connectivity index (χ0v) is 17.1. The van der Waals surface area contributed by atoms with Crippen LogP contribution in [0.15, 0.2) is 4.99 Å². The van der Waals surface area contributed by atoms with Crippen LogP contribution in [-0.4, -0.2) is 61.6 Å². The molecule has 0 spiro atoms. The molecule has 0 bridgehead atoms. The van der Waals surface area contributed by atoms with Gasteiger partial charge in [-0.25, -0.2) is 9.78 Å². The molecule has 1 aliphatic rings. The van der Waals surface area contributed by atoms with Crippen LogP contribution in [0.4, 0.5) is 0 Å². The average molecular weight is 382 g/mol. The molecule has 1 atom stereocenters. The van der Waals surface area contributed by atoms with Crippen molar-refractivity contribution in [3.8, 4) is 0 Å². The first-order valence-electron chi connectivity index (χ1n) is 9.39. The smallest absolute Gasteiger partial charge is 0.350 e. The molecule has 0 saturated carbocycles. The average Bonchev–Trinajstić information content (AvgIpc) is 3.04. The van der Waals surface area contributed by atoms with Gasteiger partial charge in [0.2, 0.25) is 0 Å². The number of carbonyl (C=O) groups excluding carboxylic acids is 1. The maximum absolute atomic E-state index is 12.0. The van der Waals surface area contributed by atoms with Gasteiger partial charge < -0.3 is 20.3 Å². The number of hydrogen-bond acceptors (Lipinski definition) is 6. The van der Waals surface area contributed by atoms with Gasteiger partial charge in [-0.05, 0) is 46.7 Å². The maximum Gasteiger partial charge on any atom is 0.350 e. The van der Waals surface area contributed by atoms with Gasteiger partial charge in [0.25, 0.3) is 0 Å². The molecular formula is C18H31N5O2S. The van der Waals surface area contributed by atoms with E-state index in [0.717, 1.165) is 24.1 Å². The molecule has 0 amide bonds. The lowest BCUT2D eigenvalue weighted by molar-refractivity contribution is 0.0531. The zero-order chi connectivity index (χ0) is 18.9. The third kappa shape index (κ3) is 5.95. The quantitative estimate of drug-likeness (QED) is 0.429. The second-order valence-electron chi connectivity index (χ2n) is 6.45. The van der Waals surface area contributed by atoms with Crippen molar-refractivity contribution in [2.45, 2.75) is 46.1 Å². The molecule has 8 heteroatoms. The fraction of sp³-hybridized carbons (Fsp3) is 0.722. The first kappa shape index (κ1) is 20.6. The molecule has 7 nitrogen and oxygen atoms in total. The van der Waals surface area contributed by atoms with Gasteiger partial charge in [-0.2, -0.15) is 0 Å². The summed E-state index contributed by atoms with van der Waals surface area (Å²) in [6, 6.07) is -0.0388. The predicted molar refractivity (Wildman–Crippen MR) is 106 cm³/mol. The highest BCUT2D eigenvalue weighted by molar-refractivity contribution is 7.13. The molecule has 1 aliphatic heterocycles. The van der Waals surface area contributed by atoms with Gasteiger partial charge in [-0.15, -0.1) is 11.3 Å². The molecule has 0 radical (unpaired) electrons. The number of guanidine groups is 1. The Kier molecular flexibility index (Phi) is 8.31. The molecular weight excluding hydrogens is 350 g/mol. The minimum atomic E-state index is -0.301. The number of aryl methyl sites for hydroxylation is 1. The standard InChI is InChI=1S/C18H31N5O2S/c1-5-25-17(24)15-13(2)21-16(26-15)14(3)22-18(19-4)20-9-12-23-10-7-6-8-11-23/h14H,5-12H2,1-4H3,(H2,19,20,22). The summed E-state index contributed by atoms with van der Waals surface area (Å²) in [6.07, 6.45) is 3.96. The minimum Gasteiger partial charge on any atom is -0.462 e. The number of likely N-dealkylation sites (tertiary alicyclic amines) is 1. The van der Waals surface area contributed by atoms with Crippen LogP contribution in [0.25, 0.3) is 0 Å². The number of aliphatic imine (C=N–C) groups is 1. The lowest BCUT2D eigenvalue weighted by Gasteiger charge is -2.26. The van der Waals surface area contributed by atoms with Gasteiger partial charge in [-0.1, -0.05) is 6.42 Å². The van der Waals surface area contributed by atoms with E-state index >= 15 is 0 Å². The highest BCUT2D eigenvalue weighted by Gasteiger charge is 2.20. The lowest BCUT2D eigenvalue weighted by Crippen LogP contribution is -2.43. The molecule has 2 rings (SSSR count). The summed E-state index contributed by atoms with van der Waals surface area (Å²) in [6.45, 7) is 10.3. The normalized spacial score (nSPS) is 17.0. The van der Waals surface area contributed by atoms with Crippen LogP contribution in [0.2, 0.25) is 0 Å². The number of esters is 1. The van der Waals surface area contributed by atoms with Crippen LogP contribution in [0, 0.1) is 6.92 Å². The Balaban J connectivity index is 1.85. The van der Waals surface area contributed by atoms with Gasteiger partial charge in [0, 0.05) is 20.1 Å². The van der Waals surface area contributed by atoms with E-state index in [-0.39, 0.29) is 12.0 Å². The number of nitrogens with zero attached hydrogens (tertiary/aromatic N) is 3. The van der Waals surface area contributed by atoms with E-state index in [1.807, 2.05) is 13.8 Å². The molecule has 1 fully saturated rings. The number of rotatable bonds is 7. The molecule has 2 N–H and O–H groups in total. The summed E-state index contributed by atoms with van der Waals surface area (Å²) < 4.78 is 5.09. The van der Waals surface area contributed by atoms with Gasteiger partial charge in [0.05, 0.1) is 18.3 Å². The van der Waals surface area contributed by atoms with Gasteiger partial charge in [-0.3, -0.25) is 4.99 Å². The predicted octanol–water partition coefficient (Wildman–Crippen LogP) is 2.34. The third-order valence-corrected chi connectivity index (χ3v) is 5.71. The van der Waals surface area contributed by atoms with Crippen molar-refractivity contribution in [1.82, 2.24) is 20.5 Å². The van der Waals surface area contributed by atoms with Gasteiger partial charge >= 0.3 is 5.97 Å². The van der Waals surface area contributed by atoms with Crippen molar-refractivity contribution in [1.29, 1.82) is 0 Å². The van der Waals surface area contributed by atoms with E-state index < -0.39 is 0 Å². The summed E-state index contributed by atoms with van der Waals surface area (Å²) in [5.41, 5.74) is 0.713. The van der Waals surface area contributed by atoms with Crippen molar-refractivity contribution in [2.24, 2.45) is 4.99 Å². The van der Waals surface area contributed by atoms with Crippen molar-refractivity contribution in [3.63, 3.8) is 0 Å². The van der Waals surface area contributed by atoms with E-state index in [1.54, 1.807) is 14.0 Å². The van der Waals surface area contributed by atoms with Gasteiger partial charge in [0.1, 0.15) is 9.88 Å². The number of hydrogen-bond donors (Lipinski definition) is 2. The number of nitrogens with one attached hydrogen (secondary N) is 2. The molecule has 1 unspecified atom stereocenters. The summed E-state index contributed by atoms with van der Waals surface area (Å²) >= 11 is 1.38. The Morgan fingerprint density at radius 3 is 2.77 bits per heavy atom. The van der Waals surface area contributed by atoms with Crippen LogP contribution in [0.3, 0.4) is 0 Å². The van der Waals surface area contributed by atoms with E-state index in [9.17, 15) is 4.79 Å². The Morgan fingerprint density at radius 2 is 2.12 bits per heavy atom. The van der Waals surface area contributed by atoms with Crippen molar-refractivity contribution in [2.75, 3.05) is 39.8 Å². The highest BCUT2D eigenvalue weighted by Crippen LogP contribution is 2.24. The van der Waals surface area contributed by atoms with E-state index in [2.05, 4.69) is 25.5 Å². The van der Waals surface area contributed by atoms with Crippen LogP contribution < -0.4 is 10.6 Å². The maximum atomic E-state index is 12.0. The molecule has 2 heterocycles.